The number of nitrogens with one attached hydrogen (secondary N) is 1. The Morgan fingerprint density at radius 3 is 2.85 bits per heavy atom. The number of hydrogen-bond donors (Lipinski definition) is 2. The minimum absolute atomic E-state index is 0.0788. The number of fused-ring (bicyclic) bond motifs is 1. The van der Waals surface area contributed by atoms with Gasteiger partial charge in [-0.25, -0.2) is 23.8 Å². The zero-order chi connectivity index (χ0) is 23.8. The van der Waals surface area contributed by atoms with Crippen LogP contribution in [-0.4, -0.2) is 43.7 Å². The van der Waals surface area contributed by atoms with E-state index in [1.54, 1.807) is 42.2 Å². The lowest BCUT2D eigenvalue weighted by Crippen LogP contribution is -2.33. The van der Waals surface area contributed by atoms with Gasteiger partial charge in [-0.2, -0.15) is 5.10 Å². The number of carbonyl (C=O) groups excluding carboxylic acids is 1. The average molecular weight is 472 g/mol. The molecule has 0 saturated carbocycles. The number of nitrogens with zero attached hydrogens (tertiary/aromatic N) is 5. The molecule has 1 aliphatic heterocycles. The highest BCUT2D eigenvalue weighted by molar-refractivity contribution is 7.91. The Hall–Kier alpha value is -3.51. The molecule has 4 heterocycles. The number of nitrogens with two attached hydrogens (primary N) is 1. The van der Waals surface area contributed by atoms with Crippen molar-refractivity contribution in [3.63, 3.8) is 0 Å². The molecule has 11 nitrogen and oxygen atoms in total. The highest BCUT2D eigenvalue weighted by atomic mass is 32.2. The number of carbonyl (C=O) groups is 1. The molecular weight excluding hydrogens is 446 g/mol. The molecule has 3 N–H and O–H groups in total. The molecule has 3 aromatic heterocycles. The Bertz CT molecular complexity index is 1340. The van der Waals surface area contributed by atoms with Crippen LogP contribution in [0.15, 0.2) is 46.0 Å². The van der Waals surface area contributed by atoms with Crippen LogP contribution in [0.3, 0.4) is 0 Å². The molecule has 3 aromatic rings. The number of pyridine rings is 2. The number of rotatable bonds is 4. The molecule has 0 bridgehead atoms. The maximum Gasteiger partial charge on any atom is 0.354 e. The zero-order valence-electron chi connectivity index (χ0n) is 18.7. The molecule has 0 spiro atoms. The second-order valence-electron chi connectivity index (χ2n) is 8.42. The predicted octanol–water partition coefficient (Wildman–Crippen LogP) is 3.01. The number of amides is 2. The minimum Gasteiger partial charge on any atom is -0.481 e. The fourth-order valence-electron chi connectivity index (χ4n) is 3.49. The quantitative estimate of drug-likeness (QED) is 0.594. The molecule has 12 heteroatoms. The summed E-state index contributed by atoms with van der Waals surface area (Å²) in [4.78, 5) is 21.2. The van der Waals surface area contributed by atoms with Crippen molar-refractivity contribution in [2.45, 2.75) is 32.2 Å². The number of hydrogen-bond acceptors (Lipinski definition) is 7. The summed E-state index contributed by atoms with van der Waals surface area (Å²) in [6.45, 7) is 6.77. The van der Waals surface area contributed by atoms with Gasteiger partial charge in [-0.05, 0) is 24.6 Å². The Morgan fingerprint density at radius 1 is 1.33 bits per heavy atom. The number of urea groups is 1. The van der Waals surface area contributed by atoms with Gasteiger partial charge in [0.05, 0.1) is 37.8 Å². The topological polar surface area (TPSA) is 147 Å². The maximum atomic E-state index is 13.2. The Balaban J connectivity index is 1.66. The van der Waals surface area contributed by atoms with Gasteiger partial charge in [0.25, 0.3) is 0 Å². The van der Waals surface area contributed by atoms with Crippen molar-refractivity contribution in [3.05, 3.63) is 42.5 Å². The van der Waals surface area contributed by atoms with Crippen molar-refractivity contribution >= 4 is 21.6 Å². The second-order valence-corrected chi connectivity index (χ2v) is 10.2. The molecule has 2 amide bonds. The number of methoxy groups -OCH3 is 1. The first-order valence-corrected chi connectivity index (χ1v) is 11.7. The highest BCUT2D eigenvalue weighted by Gasteiger charge is 2.32. The van der Waals surface area contributed by atoms with E-state index in [9.17, 15) is 9.00 Å². The van der Waals surface area contributed by atoms with Gasteiger partial charge in [0.1, 0.15) is 4.90 Å². The summed E-state index contributed by atoms with van der Waals surface area (Å²) in [6.07, 6.45) is 4.55. The van der Waals surface area contributed by atoms with Crippen molar-refractivity contribution in [3.8, 4) is 22.9 Å². The summed E-state index contributed by atoms with van der Waals surface area (Å²) in [5.41, 5.74) is 2.24. The lowest BCUT2D eigenvalue weighted by Gasteiger charge is -2.30. The fourth-order valence-corrected chi connectivity index (χ4v) is 4.49. The first-order chi connectivity index (χ1) is 15.6. The Morgan fingerprint density at radius 2 is 2.09 bits per heavy atom. The average Bonchev–Trinajstić information content (AvgIpc) is 3.17. The molecule has 0 saturated heterocycles. The van der Waals surface area contributed by atoms with Crippen LogP contribution in [0.1, 0.15) is 19.5 Å². The van der Waals surface area contributed by atoms with Crippen LogP contribution in [0.5, 0.6) is 11.8 Å². The van der Waals surface area contributed by atoms with Crippen LogP contribution in [-0.2, 0) is 16.5 Å². The standard InChI is InChI=1S/C21H25N7O4S/c1-13-18(15(6-8-23-13)14-5-7-24-17(9-14)31-4)26-20(29)27-33(22,30)16-10-25-28-11-21(2,3)12-32-19(16)28/h5-10H,11-12H2,1-4H3,(H3,22,26,27,29,30)/t33-/m1/s1. The molecule has 1 aliphatic rings. The third-order valence-corrected chi connectivity index (χ3v) is 6.45. The van der Waals surface area contributed by atoms with Gasteiger partial charge >= 0.3 is 6.03 Å². The van der Waals surface area contributed by atoms with Crippen molar-refractivity contribution in [2.75, 3.05) is 19.0 Å². The third-order valence-electron chi connectivity index (χ3n) is 5.10. The van der Waals surface area contributed by atoms with Gasteiger partial charge < -0.3 is 14.8 Å². The smallest absolute Gasteiger partial charge is 0.354 e. The summed E-state index contributed by atoms with van der Waals surface area (Å²) < 4.78 is 29.4. The van der Waals surface area contributed by atoms with Gasteiger partial charge in [0.2, 0.25) is 11.8 Å². The molecule has 0 aromatic carbocycles. The summed E-state index contributed by atoms with van der Waals surface area (Å²) in [5, 5.41) is 12.9. The van der Waals surface area contributed by atoms with E-state index in [4.69, 9.17) is 14.6 Å². The molecule has 4 rings (SSSR count). The molecule has 0 fully saturated rings. The molecular formula is C21H25N7O4S. The molecule has 0 radical (unpaired) electrons. The van der Waals surface area contributed by atoms with Crippen LogP contribution >= 0.6 is 0 Å². The summed E-state index contributed by atoms with van der Waals surface area (Å²) in [7, 11) is -2.09. The van der Waals surface area contributed by atoms with Gasteiger partial charge in [-0.3, -0.25) is 4.98 Å². The van der Waals surface area contributed by atoms with Gasteiger partial charge in [0.15, 0.2) is 9.92 Å². The molecule has 33 heavy (non-hydrogen) atoms. The van der Waals surface area contributed by atoms with Crippen molar-refractivity contribution in [2.24, 2.45) is 14.9 Å². The van der Waals surface area contributed by atoms with E-state index in [0.717, 1.165) is 5.56 Å². The molecule has 0 unspecified atom stereocenters. The summed E-state index contributed by atoms with van der Waals surface area (Å²) in [5.74, 6) is 0.684. The van der Waals surface area contributed by atoms with Gasteiger partial charge in [-0.1, -0.05) is 13.8 Å². The lowest BCUT2D eigenvalue weighted by atomic mass is 9.94. The van der Waals surface area contributed by atoms with Crippen molar-refractivity contribution < 1.29 is 18.5 Å². The van der Waals surface area contributed by atoms with Crippen LogP contribution in [0.4, 0.5) is 10.5 Å². The van der Waals surface area contributed by atoms with Crippen LogP contribution < -0.4 is 19.9 Å². The number of anilines is 1. The normalized spacial score (nSPS) is 16.2. The first kappa shape index (κ1) is 22.7. The Labute approximate surface area is 191 Å². The number of aryl methyl sites for hydroxylation is 1. The maximum absolute atomic E-state index is 13.2. The van der Waals surface area contributed by atoms with E-state index in [-0.39, 0.29) is 16.2 Å². The molecule has 1 atom stereocenters. The largest absolute Gasteiger partial charge is 0.481 e. The van der Waals surface area contributed by atoms with E-state index < -0.39 is 15.9 Å². The summed E-state index contributed by atoms with van der Waals surface area (Å²) in [6, 6.07) is 4.36. The number of aromatic nitrogens is 4. The SMILES string of the molecule is COc1cc(-c2ccnc(C)c2NC(=O)N=[S@@](N)(=O)c2cnn3c2OCC(C)(C)C3)ccn1. The minimum atomic E-state index is -3.61. The summed E-state index contributed by atoms with van der Waals surface area (Å²) >= 11 is 0. The van der Waals surface area contributed by atoms with Crippen LogP contribution in [0.2, 0.25) is 0 Å². The van der Waals surface area contributed by atoms with E-state index in [2.05, 4.69) is 24.7 Å². The highest BCUT2D eigenvalue weighted by Crippen LogP contribution is 2.34. The first-order valence-electron chi connectivity index (χ1n) is 10.1. The van der Waals surface area contributed by atoms with Gasteiger partial charge in [-0.15, -0.1) is 4.36 Å². The van der Waals surface area contributed by atoms with E-state index in [1.165, 1.54) is 13.3 Å². The van der Waals surface area contributed by atoms with Gasteiger partial charge in [0, 0.05) is 29.4 Å². The number of ether oxygens (including phenoxy) is 2. The van der Waals surface area contributed by atoms with Crippen molar-refractivity contribution in [1.82, 2.24) is 19.7 Å². The van der Waals surface area contributed by atoms with Crippen molar-refractivity contribution in [1.29, 1.82) is 0 Å². The van der Waals surface area contributed by atoms with Crippen LogP contribution in [0, 0.1) is 12.3 Å². The molecule has 0 aliphatic carbocycles. The Kier molecular flexibility index (Phi) is 5.80. The van der Waals surface area contributed by atoms with E-state index in [1.807, 2.05) is 13.8 Å². The zero-order valence-corrected chi connectivity index (χ0v) is 19.5. The predicted molar refractivity (Wildman–Crippen MR) is 122 cm³/mol. The monoisotopic (exact) mass is 471 g/mol. The third kappa shape index (κ3) is 4.66. The van der Waals surface area contributed by atoms with E-state index >= 15 is 0 Å². The second kappa shape index (κ2) is 8.45. The fraction of sp³-hybridized carbons (Fsp3) is 0.333. The van der Waals surface area contributed by atoms with E-state index in [0.29, 0.717) is 36.0 Å². The molecule has 174 valence electrons. The van der Waals surface area contributed by atoms with Crippen LogP contribution in [0.25, 0.3) is 11.1 Å². The lowest BCUT2D eigenvalue weighted by molar-refractivity contribution is 0.0972.